The van der Waals surface area contributed by atoms with Crippen LogP contribution in [-0.4, -0.2) is 11.3 Å². The zero-order valence-electron chi connectivity index (χ0n) is 10.5. The zero-order valence-corrected chi connectivity index (χ0v) is 10.5. The van der Waals surface area contributed by atoms with Crippen molar-refractivity contribution in [3.8, 4) is 11.5 Å². The number of carbonyl (C=O) groups excluding carboxylic acids is 1. The van der Waals surface area contributed by atoms with E-state index < -0.39 is 5.56 Å². The summed E-state index contributed by atoms with van der Waals surface area (Å²) in [7, 11) is 0. The lowest BCUT2D eigenvalue weighted by atomic mass is 10.1. The highest BCUT2D eigenvalue weighted by molar-refractivity contribution is 5.86. The second-order valence-electron chi connectivity index (χ2n) is 4.34. The molecule has 0 amide bonds. The number of fused-ring (bicyclic) bond motifs is 1. The molecular weight excluding hydrogens is 254 g/mol. The quantitative estimate of drug-likeness (QED) is 0.740. The number of aromatic nitrogens is 1. The van der Waals surface area contributed by atoms with Crippen molar-refractivity contribution in [3.63, 3.8) is 0 Å². The molecule has 0 saturated carbocycles. The zero-order chi connectivity index (χ0) is 13.9. The van der Waals surface area contributed by atoms with E-state index in [-0.39, 0.29) is 5.56 Å². The molecule has 3 rings (SSSR count). The van der Waals surface area contributed by atoms with Gasteiger partial charge in [-0.25, -0.2) is 0 Å². The number of hydrogen-bond acceptors (Lipinski definition) is 3. The van der Waals surface area contributed by atoms with Gasteiger partial charge in [-0.1, -0.05) is 18.2 Å². The Bertz CT molecular complexity index is 822. The van der Waals surface area contributed by atoms with E-state index in [2.05, 4.69) is 4.98 Å². The number of H-pyrrole nitrogens is 1. The number of ether oxygens (including phenoxy) is 1. The number of aldehydes is 1. The van der Waals surface area contributed by atoms with Crippen LogP contribution < -0.4 is 10.3 Å². The lowest BCUT2D eigenvalue weighted by Gasteiger charge is -2.06. The van der Waals surface area contributed by atoms with Crippen LogP contribution in [0.15, 0.2) is 59.4 Å². The van der Waals surface area contributed by atoms with Gasteiger partial charge in [0.1, 0.15) is 11.5 Å². The van der Waals surface area contributed by atoms with Crippen molar-refractivity contribution in [1.82, 2.24) is 4.98 Å². The minimum atomic E-state index is -0.399. The molecule has 3 aromatic rings. The minimum absolute atomic E-state index is 0.120. The van der Waals surface area contributed by atoms with Gasteiger partial charge in [0.2, 0.25) is 0 Å². The third-order valence-electron chi connectivity index (χ3n) is 2.95. The smallest absolute Gasteiger partial charge is 0.259 e. The minimum Gasteiger partial charge on any atom is -0.457 e. The van der Waals surface area contributed by atoms with E-state index >= 15 is 0 Å². The number of nitrogens with one attached hydrogen (secondary N) is 1. The molecule has 0 spiro atoms. The molecule has 1 heterocycles. The van der Waals surface area contributed by atoms with Crippen LogP contribution in [0.25, 0.3) is 10.9 Å². The SMILES string of the molecule is O=Cc1cc2ccc(Oc3ccccc3)cc2[nH]c1=O. The van der Waals surface area contributed by atoms with E-state index in [0.717, 1.165) is 11.1 Å². The highest BCUT2D eigenvalue weighted by Crippen LogP contribution is 2.24. The Kier molecular flexibility index (Phi) is 3.05. The van der Waals surface area contributed by atoms with Crippen LogP contribution in [-0.2, 0) is 0 Å². The average molecular weight is 265 g/mol. The van der Waals surface area contributed by atoms with Crippen molar-refractivity contribution >= 4 is 17.2 Å². The van der Waals surface area contributed by atoms with Crippen molar-refractivity contribution in [1.29, 1.82) is 0 Å². The molecule has 0 aliphatic heterocycles. The number of pyridine rings is 1. The fraction of sp³-hybridized carbons (Fsp3) is 0. The van der Waals surface area contributed by atoms with E-state index in [1.807, 2.05) is 30.3 Å². The normalized spacial score (nSPS) is 10.4. The summed E-state index contributed by atoms with van der Waals surface area (Å²) in [6.45, 7) is 0. The number of hydrogen-bond donors (Lipinski definition) is 1. The first kappa shape index (κ1) is 12.2. The summed E-state index contributed by atoms with van der Waals surface area (Å²) in [4.78, 5) is 25.0. The summed E-state index contributed by atoms with van der Waals surface area (Å²) < 4.78 is 5.69. The number of benzene rings is 2. The van der Waals surface area contributed by atoms with Crippen LogP contribution in [0.2, 0.25) is 0 Å². The monoisotopic (exact) mass is 265 g/mol. The highest BCUT2D eigenvalue weighted by atomic mass is 16.5. The number of aromatic amines is 1. The molecule has 0 bridgehead atoms. The topological polar surface area (TPSA) is 59.2 Å². The van der Waals surface area contributed by atoms with Gasteiger partial charge >= 0.3 is 0 Å². The molecule has 0 saturated heterocycles. The summed E-state index contributed by atoms with van der Waals surface area (Å²) in [5, 5.41) is 0.784. The van der Waals surface area contributed by atoms with Gasteiger partial charge in [0.25, 0.3) is 5.56 Å². The Morgan fingerprint density at radius 1 is 0.950 bits per heavy atom. The predicted octanol–water partition coefficient (Wildman–Crippen LogP) is 3.13. The molecule has 2 aromatic carbocycles. The van der Waals surface area contributed by atoms with Crippen molar-refractivity contribution in [2.75, 3.05) is 0 Å². The molecule has 4 heteroatoms. The van der Waals surface area contributed by atoms with Crippen LogP contribution in [0.3, 0.4) is 0 Å². The molecule has 20 heavy (non-hydrogen) atoms. The third kappa shape index (κ3) is 2.31. The fourth-order valence-corrected chi connectivity index (χ4v) is 1.97. The first-order valence-electron chi connectivity index (χ1n) is 6.11. The van der Waals surface area contributed by atoms with Gasteiger partial charge in [0, 0.05) is 6.07 Å². The van der Waals surface area contributed by atoms with Crippen molar-refractivity contribution < 1.29 is 9.53 Å². The Morgan fingerprint density at radius 2 is 1.75 bits per heavy atom. The van der Waals surface area contributed by atoms with Crippen LogP contribution in [0.5, 0.6) is 11.5 Å². The standard InChI is InChI=1S/C16H11NO3/c18-10-12-8-11-6-7-14(9-15(11)17-16(12)19)20-13-4-2-1-3-5-13/h1-10H,(H,17,19). The maximum Gasteiger partial charge on any atom is 0.259 e. The van der Waals surface area contributed by atoms with Gasteiger partial charge < -0.3 is 9.72 Å². The first-order chi connectivity index (χ1) is 9.76. The summed E-state index contributed by atoms with van der Waals surface area (Å²) in [5.74, 6) is 1.34. The molecule has 0 unspecified atom stereocenters. The third-order valence-corrected chi connectivity index (χ3v) is 2.95. The molecule has 4 nitrogen and oxygen atoms in total. The predicted molar refractivity (Wildman–Crippen MR) is 76.5 cm³/mol. The lowest BCUT2D eigenvalue weighted by molar-refractivity contribution is 0.112. The van der Waals surface area contributed by atoms with E-state index in [1.165, 1.54) is 0 Å². The second kappa shape index (κ2) is 5.01. The molecule has 0 aliphatic rings. The van der Waals surface area contributed by atoms with Gasteiger partial charge in [0.15, 0.2) is 6.29 Å². The van der Waals surface area contributed by atoms with Crippen LogP contribution >= 0.6 is 0 Å². The van der Waals surface area contributed by atoms with Crippen molar-refractivity contribution in [2.24, 2.45) is 0 Å². The Labute approximate surface area is 114 Å². The first-order valence-corrected chi connectivity index (χ1v) is 6.11. The summed E-state index contributed by atoms with van der Waals surface area (Å²) in [6.07, 6.45) is 0.548. The van der Waals surface area contributed by atoms with Gasteiger partial charge in [-0.15, -0.1) is 0 Å². The molecule has 1 N–H and O–H groups in total. The van der Waals surface area contributed by atoms with Gasteiger partial charge in [-0.05, 0) is 35.7 Å². The van der Waals surface area contributed by atoms with Crippen LogP contribution in [0.4, 0.5) is 0 Å². The highest BCUT2D eigenvalue weighted by Gasteiger charge is 2.04. The Balaban J connectivity index is 2.03. The molecule has 1 aromatic heterocycles. The fourth-order valence-electron chi connectivity index (χ4n) is 1.97. The molecule has 0 aliphatic carbocycles. The Morgan fingerprint density at radius 3 is 2.50 bits per heavy atom. The largest absolute Gasteiger partial charge is 0.457 e. The molecule has 0 fully saturated rings. The van der Waals surface area contributed by atoms with E-state index in [4.69, 9.17) is 4.74 Å². The van der Waals surface area contributed by atoms with E-state index in [9.17, 15) is 9.59 Å². The number of para-hydroxylation sites is 1. The summed E-state index contributed by atoms with van der Waals surface area (Å²) >= 11 is 0. The van der Waals surface area contributed by atoms with Gasteiger partial charge in [-0.3, -0.25) is 9.59 Å². The number of carbonyl (C=O) groups is 1. The summed E-state index contributed by atoms with van der Waals surface area (Å²) in [6, 6.07) is 16.3. The van der Waals surface area contributed by atoms with Crippen LogP contribution in [0, 0.1) is 0 Å². The molecule has 0 radical (unpaired) electrons. The Hall–Kier alpha value is -2.88. The van der Waals surface area contributed by atoms with E-state index in [0.29, 0.717) is 17.6 Å². The van der Waals surface area contributed by atoms with Crippen LogP contribution in [0.1, 0.15) is 10.4 Å². The molecule has 98 valence electrons. The van der Waals surface area contributed by atoms with E-state index in [1.54, 1.807) is 24.3 Å². The summed E-state index contributed by atoms with van der Waals surface area (Å²) in [5.41, 5.74) is 0.354. The van der Waals surface area contributed by atoms with Gasteiger partial charge in [0.05, 0.1) is 11.1 Å². The van der Waals surface area contributed by atoms with Gasteiger partial charge in [-0.2, -0.15) is 0 Å². The maximum atomic E-state index is 11.6. The average Bonchev–Trinajstić information content (AvgIpc) is 2.47. The molecule has 0 atom stereocenters. The molecular formula is C16H11NO3. The maximum absolute atomic E-state index is 11.6. The van der Waals surface area contributed by atoms with Crippen molar-refractivity contribution in [2.45, 2.75) is 0 Å². The van der Waals surface area contributed by atoms with Crippen molar-refractivity contribution in [3.05, 3.63) is 70.5 Å². The number of rotatable bonds is 3. The second-order valence-corrected chi connectivity index (χ2v) is 4.34. The lowest BCUT2D eigenvalue weighted by Crippen LogP contribution is -2.11.